The fourth-order valence-electron chi connectivity index (χ4n) is 6.25. The highest BCUT2D eigenvalue weighted by Gasteiger charge is 2.45. The maximum atomic E-state index is 12.6. The first kappa shape index (κ1) is 28.7. The second-order valence-electron chi connectivity index (χ2n) is 12.2. The van der Waals surface area contributed by atoms with E-state index in [1.165, 1.54) is 6.20 Å². The van der Waals surface area contributed by atoms with Gasteiger partial charge in [-0.3, -0.25) is 9.69 Å². The number of hydrogen-bond donors (Lipinski definition) is 3. The number of nitrogens with zero attached hydrogens (tertiary/aromatic N) is 4. The van der Waals surface area contributed by atoms with Gasteiger partial charge < -0.3 is 20.2 Å². The normalized spacial score (nSPS) is 18.1. The number of carbonyl (C=O) groups excluding carboxylic acids is 1. The molecule has 2 unspecified atom stereocenters. The summed E-state index contributed by atoms with van der Waals surface area (Å²) in [6.07, 6.45) is 1.54. The fraction of sp³-hybridized carbons (Fsp3) is 0.343. The van der Waals surface area contributed by atoms with Gasteiger partial charge in [0.1, 0.15) is 11.6 Å². The smallest absolute Gasteiger partial charge is 0.242 e. The molecule has 0 aliphatic heterocycles. The number of rotatable bonds is 11. The summed E-state index contributed by atoms with van der Waals surface area (Å²) < 4.78 is 0. The largest absolute Gasteiger partial charge is 0.383 e. The number of benzene rings is 3. The molecule has 3 aromatic carbocycles. The third kappa shape index (κ3) is 5.92. The quantitative estimate of drug-likeness (QED) is 0.171. The zero-order chi connectivity index (χ0) is 30.2. The number of H-pyrrole nitrogens is 2. The Morgan fingerprint density at radius 3 is 1.81 bits per heavy atom. The lowest BCUT2D eigenvalue weighted by Crippen LogP contribution is -2.41. The van der Waals surface area contributed by atoms with Crippen molar-refractivity contribution in [3.63, 3.8) is 0 Å². The molecule has 1 saturated carbocycles. The van der Waals surface area contributed by atoms with E-state index in [2.05, 4.69) is 102 Å². The molecule has 1 fully saturated rings. The van der Waals surface area contributed by atoms with E-state index < -0.39 is 0 Å². The van der Waals surface area contributed by atoms with Crippen LogP contribution in [0.3, 0.4) is 0 Å². The van der Waals surface area contributed by atoms with Crippen molar-refractivity contribution in [3.05, 3.63) is 85.1 Å². The van der Waals surface area contributed by atoms with E-state index >= 15 is 0 Å². The maximum Gasteiger partial charge on any atom is 0.242 e. The van der Waals surface area contributed by atoms with Gasteiger partial charge in [0, 0.05) is 12.1 Å². The number of aromatic amines is 2. The lowest BCUT2D eigenvalue weighted by Gasteiger charge is -2.25. The lowest BCUT2D eigenvalue weighted by molar-refractivity contribution is -0.132. The molecule has 8 nitrogen and oxygen atoms in total. The van der Waals surface area contributed by atoms with Crippen molar-refractivity contribution < 1.29 is 4.79 Å². The number of imidazole rings is 2. The SMILES string of the molecule is C=CNCC(=O)N(Cc1nc2ccc(-c3ccc(-c4ccc5nc(CN(C)C6C(C)[C@H]6C)[nH]c5c4)cc3)cc2[nH]1)C(C)C. The summed E-state index contributed by atoms with van der Waals surface area (Å²) >= 11 is 0. The molecular formula is C35H41N7O. The van der Waals surface area contributed by atoms with Crippen LogP contribution in [0.1, 0.15) is 39.3 Å². The van der Waals surface area contributed by atoms with Crippen molar-refractivity contribution in [2.45, 2.75) is 52.9 Å². The summed E-state index contributed by atoms with van der Waals surface area (Å²) in [6.45, 7) is 13.8. The third-order valence-corrected chi connectivity index (χ3v) is 8.95. The van der Waals surface area contributed by atoms with E-state index in [1.807, 2.05) is 24.8 Å². The Morgan fingerprint density at radius 1 is 0.860 bits per heavy atom. The van der Waals surface area contributed by atoms with Crippen LogP contribution in [-0.4, -0.2) is 61.3 Å². The topological polar surface area (TPSA) is 92.9 Å². The van der Waals surface area contributed by atoms with Crippen molar-refractivity contribution in [2.24, 2.45) is 11.8 Å². The van der Waals surface area contributed by atoms with Crippen molar-refractivity contribution in [3.8, 4) is 22.3 Å². The first-order valence-electron chi connectivity index (χ1n) is 15.1. The Bertz CT molecular complexity index is 1760. The van der Waals surface area contributed by atoms with E-state index in [1.54, 1.807) is 0 Å². The molecule has 5 aromatic rings. The number of carbonyl (C=O) groups is 1. The molecule has 43 heavy (non-hydrogen) atoms. The standard InChI is InChI=1S/C35H41N7O/c1-7-36-18-34(43)42(21(2)3)20-33-38-29-15-13-27(17-31(29)40-33)25-10-8-24(9-11-25)26-12-14-28-30(16-26)39-32(37-28)19-41(6)35-22(4)23(35)5/h7-17,21-23,35-36H,1,18-20H2,2-6H3,(H,37,39)(H,38,40)/t22-,23?,35?/m1/s1. The molecule has 222 valence electrons. The molecule has 8 heteroatoms. The average Bonchev–Trinajstić information content (AvgIpc) is 3.30. The minimum atomic E-state index is 0.00811. The molecule has 0 radical (unpaired) electrons. The van der Waals surface area contributed by atoms with Gasteiger partial charge in [0.15, 0.2) is 0 Å². The van der Waals surface area contributed by atoms with Gasteiger partial charge >= 0.3 is 0 Å². The molecule has 0 bridgehead atoms. The highest BCUT2D eigenvalue weighted by Crippen LogP contribution is 2.42. The first-order chi connectivity index (χ1) is 20.7. The highest BCUT2D eigenvalue weighted by atomic mass is 16.2. The predicted molar refractivity (Wildman–Crippen MR) is 174 cm³/mol. The van der Waals surface area contributed by atoms with Crippen LogP contribution < -0.4 is 5.32 Å². The molecule has 0 spiro atoms. The fourth-order valence-corrected chi connectivity index (χ4v) is 6.25. The molecule has 2 heterocycles. The molecule has 1 aliphatic carbocycles. The van der Waals surface area contributed by atoms with Gasteiger partial charge in [-0.25, -0.2) is 9.97 Å². The summed E-state index contributed by atoms with van der Waals surface area (Å²) in [5.74, 6) is 3.30. The first-order valence-corrected chi connectivity index (χ1v) is 15.1. The Labute approximate surface area is 253 Å². The number of nitrogens with one attached hydrogen (secondary N) is 3. The van der Waals surface area contributed by atoms with Crippen LogP contribution in [0, 0.1) is 11.8 Å². The minimum absolute atomic E-state index is 0.00811. The molecule has 0 saturated heterocycles. The molecule has 3 atom stereocenters. The highest BCUT2D eigenvalue weighted by molar-refractivity contribution is 5.85. The second kappa shape index (κ2) is 11.7. The molecule has 6 rings (SSSR count). The molecule has 2 aromatic heterocycles. The van der Waals surface area contributed by atoms with E-state index in [-0.39, 0.29) is 18.5 Å². The number of fused-ring (bicyclic) bond motifs is 2. The van der Waals surface area contributed by atoms with Gasteiger partial charge in [-0.05, 0) is 85.5 Å². The van der Waals surface area contributed by atoms with Crippen LogP contribution in [0.4, 0.5) is 0 Å². The second-order valence-corrected chi connectivity index (χ2v) is 12.2. The Balaban J connectivity index is 1.16. The van der Waals surface area contributed by atoms with Crippen LogP contribution >= 0.6 is 0 Å². The monoisotopic (exact) mass is 575 g/mol. The van der Waals surface area contributed by atoms with Crippen molar-refractivity contribution in [1.82, 2.24) is 35.1 Å². The zero-order valence-electron chi connectivity index (χ0n) is 25.7. The summed E-state index contributed by atoms with van der Waals surface area (Å²) in [5.41, 5.74) is 8.47. The Morgan fingerprint density at radius 2 is 1.35 bits per heavy atom. The molecule has 1 aliphatic rings. The van der Waals surface area contributed by atoms with Gasteiger partial charge in [-0.15, -0.1) is 0 Å². The Hall–Kier alpha value is -4.43. The van der Waals surface area contributed by atoms with E-state index in [4.69, 9.17) is 9.97 Å². The number of amides is 1. The lowest BCUT2D eigenvalue weighted by atomic mass is 10.00. The minimum Gasteiger partial charge on any atom is -0.383 e. The van der Waals surface area contributed by atoms with Crippen molar-refractivity contribution >= 4 is 28.0 Å². The van der Waals surface area contributed by atoms with Crippen molar-refractivity contribution in [1.29, 1.82) is 0 Å². The maximum absolute atomic E-state index is 12.6. The van der Waals surface area contributed by atoms with Gasteiger partial charge in [0.2, 0.25) is 5.91 Å². The van der Waals surface area contributed by atoms with Gasteiger partial charge in [-0.1, -0.05) is 56.8 Å². The van der Waals surface area contributed by atoms with Gasteiger partial charge in [-0.2, -0.15) is 0 Å². The summed E-state index contributed by atoms with van der Waals surface area (Å²) in [7, 11) is 2.20. The third-order valence-electron chi connectivity index (χ3n) is 8.95. The van der Waals surface area contributed by atoms with Crippen LogP contribution in [0.15, 0.2) is 73.4 Å². The summed E-state index contributed by atoms with van der Waals surface area (Å²) in [6, 6.07) is 22.1. The van der Waals surface area contributed by atoms with E-state index in [0.29, 0.717) is 12.6 Å². The summed E-state index contributed by atoms with van der Waals surface area (Å²) in [4.78, 5) is 33.4. The Kier molecular flexibility index (Phi) is 7.79. The number of aromatic nitrogens is 4. The van der Waals surface area contributed by atoms with Crippen molar-refractivity contribution in [2.75, 3.05) is 13.6 Å². The van der Waals surface area contributed by atoms with Crippen LogP contribution in [0.2, 0.25) is 0 Å². The van der Waals surface area contributed by atoms with Crippen LogP contribution in [0.5, 0.6) is 0 Å². The van der Waals surface area contributed by atoms with Gasteiger partial charge in [0.25, 0.3) is 0 Å². The average molecular weight is 576 g/mol. The zero-order valence-corrected chi connectivity index (χ0v) is 25.7. The van der Waals surface area contributed by atoms with E-state index in [9.17, 15) is 4.79 Å². The molecule has 1 amide bonds. The predicted octanol–water partition coefficient (Wildman–Crippen LogP) is 6.33. The molecular weight excluding hydrogens is 534 g/mol. The van der Waals surface area contributed by atoms with Crippen LogP contribution in [0.25, 0.3) is 44.3 Å². The van der Waals surface area contributed by atoms with E-state index in [0.717, 1.165) is 74.3 Å². The molecule has 3 N–H and O–H groups in total. The summed E-state index contributed by atoms with van der Waals surface area (Å²) in [5, 5.41) is 2.89. The number of hydrogen-bond acceptors (Lipinski definition) is 5. The van der Waals surface area contributed by atoms with Gasteiger partial charge in [0.05, 0.1) is 41.7 Å². The van der Waals surface area contributed by atoms with Crippen LogP contribution in [-0.2, 0) is 17.9 Å².